The highest BCUT2D eigenvalue weighted by molar-refractivity contribution is 6.51. The Hall–Kier alpha value is -4.54. The number of hydrogen-bond acceptors (Lipinski definition) is 7. The number of ketones is 1. The molecule has 1 atom stereocenters. The molecule has 3 heterocycles. The van der Waals surface area contributed by atoms with Crippen molar-refractivity contribution in [3.8, 4) is 17.2 Å². The van der Waals surface area contributed by atoms with Crippen molar-refractivity contribution >= 4 is 23.1 Å². The second-order valence-electron chi connectivity index (χ2n) is 7.56. The van der Waals surface area contributed by atoms with Gasteiger partial charge >= 0.3 is 6.36 Å². The molecule has 0 radical (unpaired) electrons. The van der Waals surface area contributed by atoms with Crippen LogP contribution in [0.15, 0.2) is 72.6 Å². The van der Waals surface area contributed by atoms with Crippen LogP contribution in [0.5, 0.6) is 17.2 Å². The lowest BCUT2D eigenvalue weighted by atomic mass is 9.95. The summed E-state index contributed by atoms with van der Waals surface area (Å²) < 4.78 is 52.1. The lowest BCUT2D eigenvalue weighted by molar-refractivity contribution is -0.274. The Bertz CT molecular complexity index is 1340. The van der Waals surface area contributed by atoms with Gasteiger partial charge in [0.2, 0.25) is 6.79 Å². The van der Waals surface area contributed by atoms with Crippen LogP contribution in [-0.4, -0.2) is 34.9 Å². The van der Waals surface area contributed by atoms with Crippen molar-refractivity contribution < 1.29 is 42.1 Å². The Kier molecular flexibility index (Phi) is 5.31. The van der Waals surface area contributed by atoms with E-state index in [-0.39, 0.29) is 23.6 Å². The number of amides is 1. The molecule has 0 aliphatic carbocycles. The van der Waals surface area contributed by atoms with Crippen molar-refractivity contribution in [3.05, 3.63) is 83.7 Å². The number of rotatable bonds is 4. The molecule has 2 aliphatic rings. The number of aliphatic hydroxyl groups excluding tert-OH is 1. The quantitative estimate of drug-likeness (QED) is 0.334. The highest BCUT2D eigenvalue weighted by atomic mass is 19.4. The van der Waals surface area contributed by atoms with Gasteiger partial charge in [0, 0.05) is 23.6 Å². The predicted octanol–water partition coefficient (Wildman–Crippen LogP) is 4.34. The standard InChI is InChI=1S/C24H15F3N2O6/c25-24(26,27)35-16-4-2-15(3-5-16)29-20(13-7-9-28-10-8-13)19(22(31)23(29)32)21(30)14-1-6-17-18(11-14)34-12-33-17/h1-11,20,30H,12H2/b21-19-. The maximum absolute atomic E-state index is 13.1. The monoisotopic (exact) mass is 484 g/mol. The first-order valence-corrected chi connectivity index (χ1v) is 10.2. The zero-order valence-electron chi connectivity index (χ0n) is 17.7. The zero-order valence-corrected chi connectivity index (χ0v) is 17.7. The molecule has 3 aromatic rings. The number of alkyl halides is 3. The maximum atomic E-state index is 13.1. The molecule has 8 nitrogen and oxygen atoms in total. The van der Waals surface area contributed by atoms with Gasteiger partial charge in [0.1, 0.15) is 11.5 Å². The van der Waals surface area contributed by atoms with E-state index in [1.165, 1.54) is 36.7 Å². The van der Waals surface area contributed by atoms with E-state index in [2.05, 4.69) is 9.72 Å². The Balaban J connectivity index is 1.61. The van der Waals surface area contributed by atoms with Gasteiger partial charge in [0.05, 0.1) is 11.6 Å². The Labute approximate surface area is 195 Å². The summed E-state index contributed by atoms with van der Waals surface area (Å²) in [6, 6.07) is 11.1. The van der Waals surface area contributed by atoms with Crippen LogP contribution in [-0.2, 0) is 9.59 Å². The molecule has 35 heavy (non-hydrogen) atoms. The average molecular weight is 484 g/mol. The molecule has 0 spiro atoms. The van der Waals surface area contributed by atoms with Gasteiger partial charge in [-0.1, -0.05) is 0 Å². The van der Waals surface area contributed by atoms with E-state index in [1.807, 2.05) is 0 Å². The van der Waals surface area contributed by atoms with Crippen molar-refractivity contribution in [3.63, 3.8) is 0 Å². The van der Waals surface area contributed by atoms with Crippen LogP contribution in [0.25, 0.3) is 5.76 Å². The van der Waals surface area contributed by atoms with Gasteiger partial charge in [-0.3, -0.25) is 19.5 Å². The van der Waals surface area contributed by atoms with E-state index in [1.54, 1.807) is 18.2 Å². The number of pyridine rings is 1. The van der Waals surface area contributed by atoms with Gasteiger partial charge in [-0.2, -0.15) is 0 Å². The number of carbonyl (C=O) groups is 2. The molecule has 11 heteroatoms. The van der Waals surface area contributed by atoms with E-state index in [0.29, 0.717) is 17.1 Å². The second kappa shape index (κ2) is 8.35. The first kappa shape index (κ1) is 22.3. The highest BCUT2D eigenvalue weighted by Crippen LogP contribution is 2.43. The molecule has 5 rings (SSSR count). The molecule has 1 aromatic heterocycles. The summed E-state index contributed by atoms with van der Waals surface area (Å²) in [5, 5.41) is 11.1. The topological polar surface area (TPSA) is 98.2 Å². The number of carbonyl (C=O) groups excluding carboxylic acids is 2. The zero-order chi connectivity index (χ0) is 24.7. The van der Waals surface area contributed by atoms with Crippen LogP contribution in [0, 0.1) is 0 Å². The van der Waals surface area contributed by atoms with Crippen molar-refractivity contribution in [2.45, 2.75) is 12.4 Å². The molecular formula is C24H15F3N2O6. The molecule has 1 amide bonds. The normalized spacial score (nSPS) is 18.7. The number of ether oxygens (including phenoxy) is 3. The number of aromatic nitrogens is 1. The molecule has 1 unspecified atom stereocenters. The van der Waals surface area contributed by atoms with E-state index in [0.717, 1.165) is 17.0 Å². The minimum absolute atomic E-state index is 0.00893. The SMILES string of the molecule is O=C1C(=O)N(c2ccc(OC(F)(F)F)cc2)C(c2ccncc2)/C1=C(/O)c1ccc2c(c1)OCO2. The van der Waals surface area contributed by atoms with Crippen molar-refractivity contribution in [1.29, 1.82) is 0 Å². The number of aliphatic hydroxyl groups is 1. The summed E-state index contributed by atoms with van der Waals surface area (Å²) >= 11 is 0. The smallest absolute Gasteiger partial charge is 0.507 e. The molecule has 2 aromatic carbocycles. The molecule has 0 bridgehead atoms. The lowest BCUT2D eigenvalue weighted by Crippen LogP contribution is -2.29. The fourth-order valence-electron chi connectivity index (χ4n) is 3.97. The Morgan fingerprint density at radius 3 is 2.37 bits per heavy atom. The van der Waals surface area contributed by atoms with E-state index < -0.39 is 35.6 Å². The van der Waals surface area contributed by atoms with E-state index in [9.17, 15) is 27.9 Å². The molecule has 0 saturated carbocycles. The number of nitrogens with zero attached hydrogens (tertiary/aromatic N) is 2. The largest absolute Gasteiger partial charge is 0.573 e. The third-order valence-corrected chi connectivity index (χ3v) is 5.46. The first-order chi connectivity index (χ1) is 16.7. The highest BCUT2D eigenvalue weighted by Gasteiger charge is 2.47. The predicted molar refractivity (Wildman–Crippen MR) is 115 cm³/mol. The fraction of sp³-hybridized carbons (Fsp3) is 0.125. The van der Waals surface area contributed by atoms with Crippen molar-refractivity contribution in [2.24, 2.45) is 0 Å². The Morgan fingerprint density at radius 2 is 1.69 bits per heavy atom. The van der Waals surface area contributed by atoms with E-state index in [4.69, 9.17) is 9.47 Å². The van der Waals surface area contributed by atoms with Crippen LogP contribution < -0.4 is 19.1 Å². The van der Waals surface area contributed by atoms with Gasteiger partial charge in [-0.15, -0.1) is 13.2 Å². The summed E-state index contributed by atoms with van der Waals surface area (Å²) in [6.07, 6.45) is -1.97. The minimum Gasteiger partial charge on any atom is -0.507 e. The number of benzene rings is 2. The molecule has 1 N–H and O–H groups in total. The summed E-state index contributed by atoms with van der Waals surface area (Å²) in [6.45, 7) is 0.00893. The van der Waals surface area contributed by atoms with Gasteiger partial charge in [-0.25, -0.2) is 0 Å². The van der Waals surface area contributed by atoms with Crippen LogP contribution in [0.3, 0.4) is 0 Å². The third-order valence-electron chi connectivity index (χ3n) is 5.46. The van der Waals surface area contributed by atoms with Crippen LogP contribution in [0.4, 0.5) is 18.9 Å². The van der Waals surface area contributed by atoms with Crippen LogP contribution in [0.1, 0.15) is 17.2 Å². The second-order valence-corrected chi connectivity index (χ2v) is 7.56. The van der Waals surface area contributed by atoms with Crippen molar-refractivity contribution in [1.82, 2.24) is 4.98 Å². The third kappa shape index (κ3) is 4.12. The summed E-state index contributed by atoms with van der Waals surface area (Å²) in [7, 11) is 0. The van der Waals surface area contributed by atoms with Crippen molar-refractivity contribution in [2.75, 3.05) is 11.7 Å². The fourth-order valence-corrected chi connectivity index (χ4v) is 3.97. The molecule has 2 aliphatic heterocycles. The van der Waals surface area contributed by atoms with Gasteiger partial charge in [0.25, 0.3) is 11.7 Å². The lowest BCUT2D eigenvalue weighted by Gasteiger charge is -2.25. The van der Waals surface area contributed by atoms with Crippen LogP contribution >= 0.6 is 0 Å². The number of halogens is 3. The molecule has 1 fully saturated rings. The number of anilines is 1. The average Bonchev–Trinajstić information content (AvgIpc) is 3.41. The number of Topliss-reactive ketones (excluding diaryl/α,β-unsaturated/α-hetero) is 1. The van der Waals surface area contributed by atoms with Crippen LogP contribution in [0.2, 0.25) is 0 Å². The summed E-state index contributed by atoms with van der Waals surface area (Å²) in [5.41, 5.74) is 0.612. The maximum Gasteiger partial charge on any atom is 0.573 e. The summed E-state index contributed by atoms with van der Waals surface area (Å²) in [5.74, 6) is -2.02. The molecule has 1 saturated heterocycles. The minimum atomic E-state index is -4.88. The summed E-state index contributed by atoms with van der Waals surface area (Å²) in [4.78, 5) is 31.3. The van der Waals surface area contributed by atoms with Gasteiger partial charge < -0.3 is 19.3 Å². The van der Waals surface area contributed by atoms with Gasteiger partial charge in [0.15, 0.2) is 11.5 Å². The number of fused-ring (bicyclic) bond motifs is 1. The first-order valence-electron chi connectivity index (χ1n) is 10.2. The molecule has 178 valence electrons. The van der Waals surface area contributed by atoms with E-state index >= 15 is 0 Å². The number of hydrogen-bond donors (Lipinski definition) is 1. The molecular weight excluding hydrogens is 469 g/mol. The van der Waals surface area contributed by atoms with Gasteiger partial charge in [-0.05, 0) is 60.2 Å². The Morgan fingerprint density at radius 1 is 1.00 bits per heavy atom.